The molecule has 1 fully saturated rings. The number of aromatic nitrogens is 2. The van der Waals surface area contributed by atoms with Crippen molar-refractivity contribution in [1.82, 2.24) is 14.7 Å². The van der Waals surface area contributed by atoms with Crippen LogP contribution >= 0.6 is 11.5 Å². The highest BCUT2D eigenvalue weighted by molar-refractivity contribution is 7.09. The first-order valence-corrected chi connectivity index (χ1v) is 6.85. The molecule has 2 N–H and O–H groups in total. The number of rotatable bonds is 4. The summed E-state index contributed by atoms with van der Waals surface area (Å²) in [4.78, 5) is 4.40. The van der Waals surface area contributed by atoms with E-state index in [9.17, 15) is 0 Å². The van der Waals surface area contributed by atoms with Gasteiger partial charge >= 0.3 is 0 Å². The average molecular weight is 240 g/mol. The Balaban J connectivity index is 1.78. The lowest BCUT2D eigenvalue weighted by Gasteiger charge is -2.28. The van der Waals surface area contributed by atoms with E-state index in [1.54, 1.807) is 0 Å². The fourth-order valence-corrected chi connectivity index (χ4v) is 2.71. The Bertz CT molecular complexity index is 326. The molecule has 2 heterocycles. The van der Waals surface area contributed by atoms with Gasteiger partial charge in [0.05, 0.1) is 0 Å². The van der Waals surface area contributed by atoms with Crippen LogP contribution in [0.5, 0.6) is 0 Å². The SMILES string of the molecule is CCc1nsc(NC[C@@H]2C[C@H](C)CCN2)n1. The van der Waals surface area contributed by atoms with Gasteiger partial charge in [0.2, 0.25) is 5.13 Å². The standard InChI is InChI=1S/C11H20N4S/c1-3-10-14-11(16-15-10)13-7-9-6-8(2)4-5-12-9/h8-9,12H,3-7H2,1-2H3,(H,13,14,15)/t8-,9+/m1/s1. The molecule has 4 nitrogen and oxygen atoms in total. The molecule has 16 heavy (non-hydrogen) atoms. The molecule has 5 heteroatoms. The second kappa shape index (κ2) is 5.59. The van der Waals surface area contributed by atoms with E-state index in [0.717, 1.165) is 36.4 Å². The highest BCUT2D eigenvalue weighted by atomic mass is 32.1. The van der Waals surface area contributed by atoms with E-state index in [2.05, 4.69) is 33.8 Å². The molecule has 0 unspecified atom stereocenters. The van der Waals surface area contributed by atoms with Gasteiger partial charge in [-0.1, -0.05) is 13.8 Å². The van der Waals surface area contributed by atoms with Crippen molar-refractivity contribution in [2.75, 3.05) is 18.4 Å². The summed E-state index contributed by atoms with van der Waals surface area (Å²) in [7, 11) is 0. The third-order valence-corrected chi connectivity index (χ3v) is 3.75. The minimum Gasteiger partial charge on any atom is -0.359 e. The van der Waals surface area contributed by atoms with Crippen molar-refractivity contribution in [2.24, 2.45) is 5.92 Å². The van der Waals surface area contributed by atoms with Crippen molar-refractivity contribution in [2.45, 2.75) is 39.2 Å². The van der Waals surface area contributed by atoms with E-state index in [1.807, 2.05) is 0 Å². The first-order valence-electron chi connectivity index (χ1n) is 6.07. The van der Waals surface area contributed by atoms with E-state index in [-0.39, 0.29) is 0 Å². The van der Waals surface area contributed by atoms with Gasteiger partial charge in [0.25, 0.3) is 0 Å². The molecule has 1 aliphatic rings. The van der Waals surface area contributed by atoms with Crippen LogP contribution in [-0.4, -0.2) is 28.5 Å². The molecule has 0 aliphatic carbocycles. The van der Waals surface area contributed by atoms with Crippen LogP contribution in [0.3, 0.4) is 0 Å². The molecule has 0 saturated carbocycles. The Kier molecular flexibility index (Phi) is 4.12. The van der Waals surface area contributed by atoms with Gasteiger partial charge in [0.15, 0.2) is 0 Å². The molecule has 2 rings (SSSR count). The van der Waals surface area contributed by atoms with Crippen molar-refractivity contribution in [1.29, 1.82) is 0 Å². The number of anilines is 1. The van der Waals surface area contributed by atoms with E-state index >= 15 is 0 Å². The van der Waals surface area contributed by atoms with Crippen LogP contribution in [0.4, 0.5) is 5.13 Å². The number of hydrogen-bond donors (Lipinski definition) is 2. The number of aryl methyl sites for hydroxylation is 1. The first-order chi connectivity index (χ1) is 7.78. The molecule has 0 amide bonds. The number of nitrogens with one attached hydrogen (secondary N) is 2. The van der Waals surface area contributed by atoms with Gasteiger partial charge in [0.1, 0.15) is 5.82 Å². The summed E-state index contributed by atoms with van der Waals surface area (Å²) in [5.41, 5.74) is 0. The summed E-state index contributed by atoms with van der Waals surface area (Å²) in [6.07, 6.45) is 3.47. The van der Waals surface area contributed by atoms with Gasteiger partial charge in [-0.05, 0) is 25.3 Å². The average Bonchev–Trinajstić information content (AvgIpc) is 2.74. The van der Waals surface area contributed by atoms with Crippen molar-refractivity contribution < 1.29 is 0 Å². The van der Waals surface area contributed by atoms with E-state index in [4.69, 9.17) is 0 Å². The molecular weight excluding hydrogens is 220 g/mol. The van der Waals surface area contributed by atoms with Crippen LogP contribution < -0.4 is 10.6 Å². The molecule has 90 valence electrons. The molecule has 0 radical (unpaired) electrons. The van der Waals surface area contributed by atoms with Gasteiger partial charge in [-0.25, -0.2) is 4.98 Å². The van der Waals surface area contributed by atoms with Crippen LogP contribution in [0.2, 0.25) is 0 Å². The first kappa shape index (κ1) is 11.8. The topological polar surface area (TPSA) is 49.8 Å². The maximum atomic E-state index is 4.40. The van der Waals surface area contributed by atoms with Crippen LogP contribution in [0, 0.1) is 5.92 Å². The number of hydrogen-bond acceptors (Lipinski definition) is 5. The molecular formula is C11H20N4S. The molecule has 0 aromatic carbocycles. The summed E-state index contributed by atoms with van der Waals surface area (Å²) in [6.45, 7) is 6.51. The zero-order valence-electron chi connectivity index (χ0n) is 9.99. The Morgan fingerprint density at radius 3 is 3.12 bits per heavy atom. The zero-order valence-corrected chi connectivity index (χ0v) is 10.8. The largest absolute Gasteiger partial charge is 0.359 e. The molecule has 1 aromatic heterocycles. The van der Waals surface area contributed by atoms with Gasteiger partial charge in [-0.2, -0.15) is 4.37 Å². The van der Waals surface area contributed by atoms with Crippen molar-refractivity contribution in [3.05, 3.63) is 5.82 Å². The molecule has 1 aromatic rings. The maximum absolute atomic E-state index is 4.40. The highest BCUT2D eigenvalue weighted by Crippen LogP contribution is 2.16. The highest BCUT2D eigenvalue weighted by Gasteiger charge is 2.18. The number of nitrogens with zero attached hydrogens (tertiary/aromatic N) is 2. The number of piperidine rings is 1. The maximum Gasteiger partial charge on any atom is 0.202 e. The van der Waals surface area contributed by atoms with E-state index in [1.165, 1.54) is 24.4 Å². The summed E-state index contributed by atoms with van der Waals surface area (Å²) in [5, 5.41) is 7.86. The lowest BCUT2D eigenvalue weighted by atomic mass is 9.94. The molecule has 2 atom stereocenters. The predicted octanol–water partition coefficient (Wildman–Crippen LogP) is 1.90. The summed E-state index contributed by atoms with van der Waals surface area (Å²) < 4.78 is 4.26. The predicted molar refractivity (Wildman–Crippen MR) is 68.0 cm³/mol. The van der Waals surface area contributed by atoms with Gasteiger partial charge in [-0.3, -0.25) is 0 Å². The Morgan fingerprint density at radius 2 is 2.44 bits per heavy atom. The van der Waals surface area contributed by atoms with Crippen LogP contribution in [-0.2, 0) is 6.42 Å². The quantitative estimate of drug-likeness (QED) is 0.844. The van der Waals surface area contributed by atoms with Crippen LogP contribution in [0.1, 0.15) is 32.5 Å². The minimum absolute atomic E-state index is 0.581. The second-order valence-corrected chi connectivity index (χ2v) is 5.28. The smallest absolute Gasteiger partial charge is 0.202 e. The van der Waals surface area contributed by atoms with E-state index in [0.29, 0.717) is 6.04 Å². The lowest BCUT2D eigenvalue weighted by Crippen LogP contribution is -2.41. The monoisotopic (exact) mass is 240 g/mol. The van der Waals surface area contributed by atoms with Crippen LogP contribution in [0.15, 0.2) is 0 Å². The van der Waals surface area contributed by atoms with E-state index < -0.39 is 0 Å². The Morgan fingerprint density at radius 1 is 1.56 bits per heavy atom. The lowest BCUT2D eigenvalue weighted by molar-refractivity contribution is 0.329. The van der Waals surface area contributed by atoms with Crippen molar-refractivity contribution >= 4 is 16.7 Å². The molecule has 0 spiro atoms. The van der Waals surface area contributed by atoms with Gasteiger partial charge in [0, 0.05) is 30.5 Å². The fourth-order valence-electron chi connectivity index (χ4n) is 2.06. The third kappa shape index (κ3) is 3.15. The molecule has 0 bridgehead atoms. The molecule has 1 saturated heterocycles. The van der Waals surface area contributed by atoms with Crippen molar-refractivity contribution in [3.63, 3.8) is 0 Å². The Hall–Kier alpha value is -0.680. The minimum atomic E-state index is 0.581. The fraction of sp³-hybridized carbons (Fsp3) is 0.818. The van der Waals surface area contributed by atoms with Gasteiger partial charge < -0.3 is 10.6 Å². The van der Waals surface area contributed by atoms with Gasteiger partial charge in [-0.15, -0.1) is 0 Å². The molecule has 1 aliphatic heterocycles. The summed E-state index contributed by atoms with van der Waals surface area (Å²) in [6, 6.07) is 0.581. The zero-order chi connectivity index (χ0) is 11.4. The summed E-state index contributed by atoms with van der Waals surface area (Å²) in [5.74, 6) is 1.78. The second-order valence-electron chi connectivity index (χ2n) is 4.53. The third-order valence-electron chi connectivity index (χ3n) is 3.04. The Labute approximate surface area is 101 Å². The van der Waals surface area contributed by atoms with Crippen molar-refractivity contribution in [3.8, 4) is 0 Å². The normalized spacial score (nSPS) is 25.6. The summed E-state index contributed by atoms with van der Waals surface area (Å²) >= 11 is 1.46. The van der Waals surface area contributed by atoms with Crippen LogP contribution in [0.25, 0.3) is 0 Å².